The molecule has 2 aromatic heterocycles. The molecule has 3 aromatic carbocycles. The number of hydrogen-bond donors (Lipinski definition) is 3. The predicted octanol–water partition coefficient (Wildman–Crippen LogP) is 4.83. The number of aromatic nitrogens is 2. The first-order chi connectivity index (χ1) is 21.2. The summed E-state index contributed by atoms with van der Waals surface area (Å²) < 4.78 is 50.7. The van der Waals surface area contributed by atoms with Crippen LogP contribution >= 0.6 is 11.3 Å². The number of thiophene rings is 1. The first-order valence-corrected chi connectivity index (χ1v) is 14.3. The van der Waals surface area contributed by atoms with Crippen molar-refractivity contribution in [1.82, 2.24) is 19.8 Å². The van der Waals surface area contributed by atoms with Crippen LogP contribution in [0.4, 0.5) is 23.7 Å². The van der Waals surface area contributed by atoms with Crippen molar-refractivity contribution >= 4 is 33.3 Å². The summed E-state index contributed by atoms with van der Waals surface area (Å²) in [7, 11) is 3.05. The lowest BCUT2D eigenvalue weighted by Crippen LogP contribution is -2.39. The fraction of sp³-hybridized carbons (Fsp3) is 0.194. The van der Waals surface area contributed by atoms with Crippen molar-refractivity contribution in [2.45, 2.75) is 13.1 Å². The third-order valence-electron chi connectivity index (χ3n) is 6.95. The molecule has 5 aromatic rings. The van der Waals surface area contributed by atoms with Gasteiger partial charge in [0.1, 0.15) is 22.3 Å². The van der Waals surface area contributed by atoms with Gasteiger partial charge in [0.2, 0.25) is 0 Å². The second kappa shape index (κ2) is 13.3. The zero-order chi connectivity index (χ0) is 31.4. The number of ether oxygens (including phenoxy) is 1. The van der Waals surface area contributed by atoms with E-state index in [0.717, 1.165) is 44.7 Å². The van der Waals surface area contributed by atoms with Crippen molar-refractivity contribution in [3.8, 4) is 16.1 Å². The Hall–Kier alpha value is -4.72. The van der Waals surface area contributed by atoms with Crippen molar-refractivity contribution in [2.75, 3.05) is 32.6 Å². The van der Waals surface area contributed by atoms with Gasteiger partial charge in [0.25, 0.3) is 5.56 Å². The molecule has 0 aliphatic carbocycles. The van der Waals surface area contributed by atoms with Crippen molar-refractivity contribution in [3.05, 3.63) is 116 Å². The lowest BCUT2D eigenvalue weighted by molar-refractivity contribution is 0.199. The number of urea groups is 1. The van der Waals surface area contributed by atoms with Crippen LogP contribution < -0.4 is 27.2 Å². The Balaban J connectivity index is 1.79. The molecule has 3 N–H and O–H groups in total. The van der Waals surface area contributed by atoms with Crippen LogP contribution in [0, 0.1) is 17.5 Å². The molecule has 0 aliphatic heterocycles. The number of halogens is 3. The molecule has 9 nitrogen and oxygen atoms in total. The smallest absolute Gasteiger partial charge is 0.337 e. The molecular weight excluding hydrogens is 595 g/mol. The molecule has 0 unspecified atom stereocenters. The van der Waals surface area contributed by atoms with E-state index >= 15 is 0 Å². The molecule has 13 heteroatoms. The van der Waals surface area contributed by atoms with Crippen LogP contribution in [0.1, 0.15) is 11.1 Å². The number of anilines is 1. The predicted molar refractivity (Wildman–Crippen MR) is 164 cm³/mol. The van der Waals surface area contributed by atoms with Crippen LogP contribution in [0.25, 0.3) is 26.3 Å². The van der Waals surface area contributed by atoms with Crippen molar-refractivity contribution in [3.63, 3.8) is 0 Å². The number of amides is 2. The van der Waals surface area contributed by atoms with E-state index in [2.05, 4.69) is 16.0 Å². The number of carbonyl (C=O) groups excluding carboxylic acids is 1. The molecular formula is C31H28F3N5O4S. The molecule has 0 atom stereocenters. The topological polar surface area (TPSA) is 106 Å². The largest absolute Gasteiger partial charge is 0.383 e. The lowest BCUT2D eigenvalue weighted by Gasteiger charge is -2.14. The van der Waals surface area contributed by atoms with Gasteiger partial charge in [0, 0.05) is 43.4 Å². The summed E-state index contributed by atoms with van der Waals surface area (Å²) in [5.41, 5.74) is 0.0120. The standard InChI is InChI=1S/C31H28F3N5O4S/c1-35-30(41)37-20-10-6-18(7-11-20)27-22(16-36-14-15-43-2)26-28(40)39(21-12-8-19(32)9-13-21)31(42)38(29(26)44-27)17-23-24(33)4-3-5-25(23)34/h3-13,36H,14-17H2,1-2H3,(H2,35,37,41). The fourth-order valence-corrected chi connectivity index (χ4v) is 6.07. The van der Waals surface area contributed by atoms with Crippen LogP contribution in [0.5, 0.6) is 0 Å². The van der Waals surface area contributed by atoms with Gasteiger partial charge in [-0.15, -0.1) is 11.3 Å². The minimum absolute atomic E-state index is 0.0988. The molecule has 228 valence electrons. The summed E-state index contributed by atoms with van der Waals surface area (Å²) in [6.45, 7) is 0.547. The van der Waals surface area contributed by atoms with E-state index in [4.69, 9.17) is 4.74 Å². The minimum atomic E-state index is -0.845. The minimum Gasteiger partial charge on any atom is -0.383 e. The van der Waals surface area contributed by atoms with Crippen molar-refractivity contribution in [2.24, 2.45) is 0 Å². The Morgan fingerprint density at radius 3 is 2.25 bits per heavy atom. The third-order valence-corrected chi connectivity index (χ3v) is 8.26. The van der Waals surface area contributed by atoms with Crippen LogP contribution in [-0.4, -0.2) is 42.5 Å². The molecule has 0 radical (unpaired) electrons. The summed E-state index contributed by atoms with van der Waals surface area (Å²) in [4.78, 5) is 40.7. The van der Waals surface area contributed by atoms with E-state index in [-0.39, 0.29) is 28.0 Å². The first kappa shape index (κ1) is 30.7. The Morgan fingerprint density at radius 1 is 0.932 bits per heavy atom. The van der Waals surface area contributed by atoms with Gasteiger partial charge < -0.3 is 20.7 Å². The van der Waals surface area contributed by atoms with Crippen LogP contribution in [0.2, 0.25) is 0 Å². The summed E-state index contributed by atoms with van der Waals surface area (Å²) in [6.07, 6.45) is 0. The number of methoxy groups -OCH3 is 1. The number of hydrogen-bond acceptors (Lipinski definition) is 6. The van der Waals surface area contributed by atoms with Gasteiger partial charge in [0.05, 0.1) is 24.2 Å². The Labute approximate surface area is 253 Å². The lowest BCUT2D eigenvalue weighted by atomic mass is 10.1. The molecule has 5 rings (SSSR count). The Morgan fingerprint density at radius 2 is 1.61 bits per heavy atom. The van der Waals surface area contributed by atoms with Gasteiger partial charge >= 0.3 is 11.7 Å². The maximum absolute atomic E-state index is 14.8. The molecule has 2 heterocycles. The second-order valence-electron chi connectivity index (χ2n) is 9.73. The molecule has 0 saturated carbocycles. The summed E-state index contributed by atoms with van der Waals surface area (Å²) >= 11 is 1.13. The number of fused-ring (bicyclic) bond motifs is 1. The van der Waals surface area contributed by atoms with Gasteiger partial charge in [-0.3, -0.25) is 9.36 Å². The van der Waals surface area contributed by atoms with E-state index in [1.165, 1.54) is 25.2 Å². The quantitative estimate of drug-likeness (QED) is 0.193. The summed E-state index contributed by atoms with van der Waals surface area (Å²) in [6, 6.07) is 14.7. The number of nitrogens with one attached hydrogen (secondary N) is 3. The Bertz CT molecular complexity index is 1920. The number of carbonyl (C=O) groups is 1. The number of nitrogens with zero attached hydrogens (tertiary/aromatic N) is 2. The highest BCUT2D eigenvalue weighted by molar-refractivity contribution is 7.22. The molecule has 44 heavy (non-hydrogen) atoms. The van der Waals surface area contributed by atoms with E-state index in [9.17, 15) is 27.6 Å². The maximum atomic E-state index is 14.8. The Kier molecular flexibility index (Phi) is 9.28. The van der Waals surface area contributed by atoms with Gasteiger partial charge in [-0.2, -0.15) is 0 Å². The molecule has 0 spiro atoms. The van der Waals surface area contributed by atoms with Gasteiger partial charge in [-0.05, 0) is 59.7 Å². The van der Waals surface area contributed by atoms with E-state index in [0.29, 0.717) is 34.8 Å². The third kappa shape index (κ3) is 6.16. The fourth-order valence-electron chi connectivity index (χ4n) is 4.76. The van der Waals surface area contributed by atoms with Crippen molar-refractivity contribution < 1.29 is 22.7 Å². The summed E-state index contributed by atoms with van der Waals surface area (Å²) in [5.74, 6) is -2.25. The molecule has 0 saturated heterocycles. The molecule has 0 bridgehead atoms. The van der Waals surface area contributed by atoms with E-state index in [1.54, 1.807) is 31.4 Å². The van der Waals surface area contributed by atoms with Crippen LogP contribution in [0.15, 0.2) is 76.3 Å². The first-order valence-electron chi connectivity index (χ1n) is 13.5. The number of benzene rings is 3. The van der Waals surface area contributed by atoms with Gasteiger partial charge in [-0.1, -0.05) is 18.2 Å². The molecule has 0 fully saturated rings. The van der Waals surface area contributed by atoms with Crippen molar-refractivity contribution in [1.29, 1.82) is 0 Å². The van der Waals surface area contributed by atoms with Gasteiger partial charge in [0.15, 0.2) is 0 Å². The average Bonchev–Trinajstić information content (AvgIpc) is 3.39. The molecule has 0 aliphatic rings. The molecule has 2 amide bonds. The van der Waals surface area contributed by atoms with Crippen LogP contribution in [0.3, 0.4) is 0 Å². The normalized spacial score (nSPS) is 11.2. The zero-order valence-corrected chi connectivity index (χ0v) is 24.6. The highest BCUT2D eigenvalue weighted by atomic mass is 32.1. The second-order valence-corrected chi connectivity index (χ2v) is 10.7. The monoisotopic (exact) mass is 623 g/mol. The van der Waals surface area contributed by atoms with Crippen LogP contribution in [-0.2, 0) is 17.8 Å². The van der Waals surface area contributed by atoms with E-state index in [1.807, 2.05) is 0 Å². The average molecular weight is 624 g/mol. The summed E-state index contributed by atoms with van der Waals surface area (Å²) in [5, 5.41) is 8.57. The highest BCUT2D eigenvalue weighted by Gasteiger charge is 2.25. The highest BCUT2D eigenvalue weighted by Crippen LogP contribution is 2.38. The SMILES string of the molecule is CNC(=O)Nc1ccc(-c2sc3c(c2CNCCOC)c(=O)n(-c2ccc(F)cc2)c(=O)n3Cc2c(F)cccc2F)cc1. The zero-order valence-electron chi connectivity index (χ0n) is 23.7. The maximum Gasteiger partial charge on any atom is 0.337 e. The number of rotatable bonds is 10. The van der Waals surface area contributed by atoms with Gasteiger partial charge in [-0.25, -0.2) is 27.3 Å². The van der Waals surface area contributed by atoms with E-state index < -0.39 is 41.3 Å².